The van der Waals surface area contributed by atoms with Crippen LogP contribution in [0.25, 0.3) is 21.2 Å². The lowest BCUT2D eigenvalue weighted by atomic mass is 9.88. The van der Waals surface area contributed by atoms with Crippen molar-refractivity contribution in [3.63, 3.8) is 0 Å². The first-order valence-corrected chi connectivity index (χ1v) is 11.9. The van der Waals surface area contributed by atoms with Gasteiger partial charge in [-0.05, 0) is 60.6 Å². The number of phenols is 1. The number of carbonyl (C=O) groups is 1. The van der Waals surface area contributed by atoms with Crippen molar-refractivity contribution in [2.75, 3.05) is 0 Å². The van der Waals surface area contributed by atoms with Gasteiger partial charge in [-0.3, -0.25) is 4.79 Å². The van der Waals surface area contributed by atoms with E-state index in [9.17, 15) is 15.0 Å². The molecule has 32 heavy (non-hydrogen) atoms. The molecule has 4 aromatic rings. The van der Waals surface area contributed by atoms with Gasteiger partial charge in [0.05, 0.1) is 10.9 Å². The van der Waals surface area contributed by atoms with Crippen molar-refractivity contribution in [3.8, 4) is 16.9 Å². The third kappa shape index (κ3) is 4.25. The van der Waals surface area contributed by atoms with Gasteiger partial charge >= 0.3 is 5.97 Å². The van der Waals surface area contributed by atoms with Crippen LogP contribution in [0.5, 0.6) is 5.75 Å². The number of carboxylic acid groups (broad SMARTS) is 1. The first kappa shape index (κ1) is 22.4. The van der Waals surface area contributed by atoms with Gasteiger partial charge in [0.1, 0.15) is 5.75 Å². The fourth-order valence-corrected chi connectivity index (χ4v) is 5.70. The topological polar surface area (TPSA) is 57.5 Å². The molecule has 0 saturated carbocycles. The summed E-state index contributed by atoms with van der Waals surface area (Å²) in [7, 11) is 0. The summed E-state index contributed by atoms with van der Waals surface area (Å²) in [6, 6.07) is 19.5. The Labute approximate surface area is 196 Å². The number of rotatable bonds is 7. The quantitative estimate of drug-likeness (QED) is 0.302. The molecular weight excluding hydrogens is 440 g/mol. The van der Waals surface area contributed by atoms with E-state index >= 15 is 0 Å². The lowest BCUT2D eigenvalue weighted by Gasteiger charge is -2.16. The maximum atomic E-state index is 12.2. The molecule has 4 rings (SSSR count). The van der Waals surface area contributed by atoms with Crippen LogP contribution in [-0.4, -0.2) is 16.2 Å². The highest BCUT2D eigenvalue weighted by Gasteiger charge is 2.24. The molecule has 0 spiro atoms. The minimum Gasteiger partial charge on any atom is -0.506 e. The molecule has 0 saturated heterocycles. The van der Waals surface area contributed by atoms with E-state index in [1.165, 1.54) is 4.88 Å². The second-order valence-electron chi connectivity index (χ2n) is 8.04. The molecule has 0 amide bonds. The van der Waals surface area contributed by atoms with Gasteiger partial charge in [0.2, 0.25) is 0 Å². The van der Waals surface area contributed by atoms with Gasteiger partial charge < -0.3 is 10.2 Å². The number of benzene rings is 3. The van der Waals surface area contributed by atoms with Crippen molar-refractivity contribution < 1.29 is 15.0 Å². The van der Waals surface area contributed by atoms with Crippen LogP contribution in [0.15, 0.2) is 60.7 Å². The average molecular weight is 465 g/mol. The van der Waals surface area contributed by atoms with Crippen molar-refractivity contribution in [1.82, 2.24) is 0 Å². The fraction of sp³-hybridized carbons (Fsp3) is 0.222. The zero-order valence-corrected chi connectivity index (χ0v) is 19.6. The van der Waals surface area contributed by atoms with Crippen LogP contribution in [0.1, 0.15) is 28.5 Å². The lowest BCUT2D eigenvalue weighted by Crippen LogP contribution is -2.19. The van der Waals surface area contributed by atoms with E-state index in [1.807, 2.05) is 55.5 Å². The fourth-order valence-electron chi connectivity index (χ4n) is 4.32. The molecule has 0 aliphatic carbocycles. The number of hydrogen-bond acceptors (Lipinski definition) is 3. The third-order valence-electron chi connectivity index (χ3n) is 5.97. The van der Waals surface area contributed by atoms with E-state index in [1.54, 1.807) is 17.4 Å². The monoisotopic (exact) mass is 464 g/mol. The number of aliphatic carboxylic acids is 1. The van der Waals surface area contributed by atoms with Gasteiger partial charge in [-0.25, -0.2) is 0 Å². The number of hydrogen-bond donors (Lipinski definition) is 2. The Morgan fingerprint density at radius 1 is 1.03 bits per heavy atom. The van der Waals surface area contributed by atoms with Gasteiger partial charge in [-0.1, -0.05) is 67.1 Å². The highest BCUT2D eigenvalue weighted by Crippen LogP contribution is 2.45. The third-order valence-corrected chi connectivity index (χ3v) is 7.75. The van der Waals surface area contributed by atoms with E-state index in [0.717, 1.165) is 44.3 Å². The molecule has 1 heterocycles. The average Bonchev–Trinajstić information content (AvgIpc) is 3.17. The minimum absolute atomic E-state index is 0.0690. The molecule has 3 aromatic carbocycles. The summed E-state index contributed by atoms with van der Waals surface area (Å²) < 4.78 is 1.14. The first-order valence-electron chi connectivity index (χ1n) is 10.7. The molecule has 1 atom stereocenters. The maximum absolute atomic E-state index is 12.2. The Balaban J connectivity index is 1.85. The highest BCUT2D eigenvalue weighted by atomic mass is 35.5. The Hall–Kier alpha value is -2.82. The van der Waals surface area contributed by atoms with Crippen molar-refractivity contribution in [2.24, 2.45) is 5.92 Å². The summed E-state index contributed by atoms with van der Waals surface area (Å²) in [5, 5.41) is 21.5. The molecule has 1 aromatic heterocycles. The van der Waals surface area contributed by atoms with E-state index in [4.69, 9.17) is 11.6 Å². The molecule has 0 aliphatic heterocycles. The number of halogens is 1. The smallest absolute Gasteiger partial charge is 0.307 e. The molecule has 164 valence electrons. The molecule has 0 aliphatic rings. The van der Waals surface area contributed by atoms with Crippen molar-refractivity contribution in [1.29, 1.82) is 0 Å². The molecule has 0 fully saturated rings. The van der Waals surface area contributed by atoms with Crippen LogP contribution in [0.3, 0.4) is 0 Å². The molecule has 2 N–H and O–H groups in total. The number of thiophene rings is 1. The maximum Gasteiger partial charge on any atom is 0.307 e. The Bertz CT molecular complexity index is 1280. The van der Waals surface area contributed by atoms with E-state index in [0.29, 0.717) is 17.9 Å². The van der Waals surface area contributed by atoms with Crippen LogP contribution < -0.4 is 0 Å². The lowest BCUT2D eigenvalue weighted by molar-refractivity contribution is -0.141. The summed E-state index contributed by atoms with van der Waals surface area (Å²) in [5.74, 6) is -1.24. The number of carboxylic acids is 1. The number of aryl methyl sites for hydroxylation is 1. The Kier molecular flexibility index (Phi) is 6.54. The summed E-state index contributed by atoms with van der Waals surface area (Å²) >= 11 is 8.12. The highest BCUT2D eigenvalue weighted by molar-refractivity contribution is 7.19. The van der Waals surface area contributed by atoms with Crippen LogP contribution in [0, 0.1) is 12.8 Å². The van der Waals surface area contributed by atoms with Crippen molar-refractivity contribution in [2.45, 2.75) is 33.1 Å². The predicted molar refractivity (Wildman–Crippen MR) is 133 cm³/mol. The second kappa shape index (κ2) is 9.35. The molecule has 0 radical (unpaired) electrons. The van der Waals surface area contributed by atoms with E-state index < -0.39 is 11.9 Å². The summed E-state index contributed by atoms with van der Waals surface area (Å²) in [4.78, 5) is 13.4. The molecule has 3 nitrogen and oxygen atoms in total. The minimum atomic E-state index is -0.790. The standard InChI is InChI=1S/C27H25ClO3S/c1-3-22-25(20-12-13-21(29)26(28)16(20)2)24-18(10-7-11-23(24)32-22)15-19(27(30)31)14-17-8-5-4-6-9-17/h4-13,19,29H,3,14-15H2,1-2H3,(H,30,31). The SMILES string of the molecule is CCc1sc2cccc(CC(Cc3ccccc3)C(=O)O)c2c1-c1ccc(O)c(Cl)c1C. The van der Waals surface area contributed by atoms with E-state index in [-0.39, 0.29) is 5.75 Å². The number of aromatic hydroxyl groups is 1. The molecule has 5 heteroatoms. The van der Waals surface area contributed by atoms with Gasteiger partial charge in [0.15, 0.2) is 0 Å². The zero-order chi connectivity index (χ0) is 22.8. The van der Waals surface area contributed by atoms with Gasteiger partial charge in [0, 0.05) is 20.5 Å². The molecule has 1 unspecified atom stereocenters. The van der Waals surface area contributed by atoms with Crippen LogP contribution in [0.2, 0.25) is 5.02 Å². The zero-order valence-electron chi connectivity index (χ0n) is 18.1. The Morgan fingerprint density at radius 2 is 1.78 bits per heavy atom. The summed E-state index contributed by atoms with van der Waals surface area (Å²) in [6.07, 6.45) is 1.79. The molecular formula is C27H25ClO3S. The van der Waals surface area contributed by atoms with Gasteiger partial charge in [-0.15, -0.1) is 11.3 Å². The van der Waals surface area contributed by atoms with Crippen molar-refractivity contribution in [3.05, 3.63) is 87.3 Å². The van der Waals surface area contributed by atoms with Crippen LogP contribution in [-0.2, 0) is 24.1 Å². The van der Waals surface area contributed by atoms with Gasteiger partial charge in [0.25, 0.3) is 0 Å². The summed E-state index contributed by atoms with van der Waals surface area (Å²) in [5.41, 5.74) is 4.97. The van der Waals surface area contributed by atoms with Crippen LogP contribution in [0.4, 0.5) is 0 Å². The second-order valence-corrected chi connectivity index (χ2v) is 9.56. The van der Waals surface area contributed by atoms with E-state index in [2.05, 4.69) is 13.0 Å². The van der Waals surface area contributed by atoms with Gasteiger partial charge in [-0.2, -0.15) is 0 Å². The normalized spacial score (nSPS) is 12.2. The first-order chi connectivity index (χ1) is 15.4. The van der Waals surface area contributed by atoms with Crippen molar-refractivity contribution >= 4 is 39.0 Å². The summed E-state index contributed by atoms with van der Waals surface area (Å²) in [6.45, 7) is 4.04. The predicted octanol–water partition coefficient (Wildman–Crippen LogP) is 7.28. The Morgan fingerprint density at radius 3 is 2.47 bits per heavy atom. The number of phenolic OH excluding ortho intramolecular Hbond substituents is 1. The largest absolute Gasteiger partial charge is 0.506 e. The molecule has 0 bridgehead atoms. The van der Waals surface area contributed by atoms with Crippen LogP contribution >= 0.6 is 22.9 Å². The number of fused-ring (bicyclic) bond motifs is 1.